The summed E-state index contributed by atoms with van der Waals surface area (Å²) in [5.41, 5.74) is 8.29. The molecule has 4 rings (SSSR count). The maximum absolute atomic E-state index is 12.1. The summed E-state index contributed by atoms with van der Waals surface area (Å²) in [6.45, 7) is 2.59. The summed E-state index contributed by atoms with van der Waals surface area (Å²) < 4.78 is 11.1. The fraction of sp³-hybridized carbons (Fsp3) is 0.316. The van der Waals surface area contributed by atoms with E-state index in [0.29, 0.717) is 49.3 Å². The Morgan fingerprint density at radius 1 is 1.17 bits per heavy atom. The van der Waals surface area contributed by atoms with Crippen LogP contribution in [-0.2, 0) is 4.74 Å². The number of morpholine rings is 1. The van der Waals surface area contributed by atoms with Gasteiger partial charge in [-0.05, 0) is 12.1 Å². The fourth-order valence-electron chi connectivity index (χ4n) is 2.93. The van der Waals surface area contributed by atoms with E-state index >= 15 is 0 Å². The summed E-state index contributed by atoms with van der Waals surface area (Å²) >= 11 is 0. The van der Waals surface area contributed by atoms with E-state index in [1.54, 1.807) is 32.4 Å². The largest absolute Gasteiger partial charge is 0.401 e. The summed E-state index contributed by atoms with van der Waals surface area (Å²) in [6.07, 6.45) is 1.57. The molecule has 1 aliphatic rings. The lowest BCUT2D eigenvalue weighted by Crippen LogP contribution is -2.36. The second-order valence-electron chi connectivity index (χ2n) is 6.76. The number of nitrogens with zero attached hydrogens (tertiary/aromatic N) is 6. The van der Waals surface area contributed by atoms with Crippen molar-refractivity contribution < 1.29 is 16.8 Å². The van der Waals surface area contributed by atoms with Crippen LogP contribution in [-0.4, -0.2) is 71.4 Å². The summed E-state index contributed by atoms with van der Waals surface area (Å²) in [6, 6.07) is 7.53. The van der Waals surface area contributed by atoms with Crippen LogP contribution in [0.5, 0.6) is 0 Å². The fourth-order valence-corrected chi connectivity index (χ4v) is 2.93. The van der Waals surface area contributed by atoms with Crippen molar-refractivity contribution in [3.05, 3.63) is 36.0 Å². The third-order valence-corrected chi connectivity index (χ3v) is 4.53. The number of benzene rings is 1. The van der Waals surface area contributed by atoms with Gasteiger partial charge in [-0.25, -0.2) is 9.97 Å². The monoisotopic (exact) mass is 399 g/mol. The molecule has 10 nitrogen and oxygen atoms in total. The van der Waals surface area contributed by atoms with Gasteiger partial charge in [0.1, 0.15) is 0 Å². The number of nitrogen functional groups attached to an aromatic ring is 1. The van der Waals surface area contributed by atoms with E-state index in [-0.39, 0.29) is 20.5 Å². The molecule has 3 aromatic rings. The lowest BCUT2D eigenvalue weighted by atomic mass is 10.1. The molecule has 0 aliphatic carbocycles. The van der Waals surface area contributed by atoms with Crippen molar-refractivity contribution in [2.45, 2.75) is 0 Å². The van der Waals surface area contributed by atoms with Gasteiger partial charge in [0.2, 0.25) is 0 Å². The maximum atomic E-state index is 12.1. The van der Waals surface area contributed by atoms with Crippen LogP contribution in [0.4, 0.5) is 11.8 Å². The second-order valence-corrected chi connectivity index (χ2v) is 6.76. The van der Waals surface area contributed by atoms with Crippen molar-refractivity contribution in [1.82, 2.24) is 25.1 Å². The van der Waals surface area contributed by atoms with Gasteiger partial charge in [0.05, 0.1) is 25.1 Å². The van der Waals surface area contributed by atoms with Crippen LogP contribution in [0, 0.1) is 0 Å². The van der Waals surface area contributed by atoms with E-state index < -0.39 is 0 Å². The molecule has 1 aliphatic heterocycles. The molecule has 0 unspecified atom stereocenters. The number of carbonyl (C=O) groups excluding carboxylic acids is 1. The molecule has 0 bridgehead atoms. The summed E-state index contributed by atoms with van der Waals surface area (Å²) in [5.74, 6) is 0.338. The van der Waals surface area contributed by atoms with Crippen molar-refractivity contribution in [3.63, 3.8) is 0 Å². The predicted molar refractivity (Wildman–Crippen MR) is 110 cm³/mol. The third kappa shape index (κ3) is 3.87. The number of nitrogens with two attached hydrogens (primary N) is 1. The first-order chi connectivity index (χ1) is 14.0. The van der Waals surface area contributed by atoms with Crippen molar-refractivity contribution >= 4 is 17.7 Å². The molecule has 2 N–H and O–H groups in total. The number of aromatic nitrogens is 4. The van der Waals surface area contributed by atoms with Gasteiger partial charge < -0.3 is 24.7 Å². The van der Waals surface area contributed by atoms with Crippen LogP contribution < -0.4 is 10.6 Å². The molecule has 29 heavy (non-hydrogen) atoms. The van der Waals surface area contributed by atoms with Gasteiger partial charge in [-0.15, -0.1) is 5.10 Å². The predicted octanol–water partition coefficient (Wildman–Crippen LogP) is 1.81. The lowest BCUT2D eigenvalue weighted by Gasteiger charge is -2.24. The molecular weight excluding hydrogens is 374 g/mol. The lowest BCUT2D eigenvalue weighted by molar-refractivity contribution is 0.0827. The van der Waals surface area contributed by atoms with Crippen LogP contribution in [0.1, 0.15) is 13.2 Å². The Kier molecular flexibility index (Phi) is 5.09. The van der Waals surface area contributed by atoms with Crippen molar-refractivity contribution in [3.8, 4) is 22.8 Å². The number of rotatable bonds is 4. The first-order valence-corrected chi connectivity index (χ1v) is 9.14. The first-order valence-electron chi connectivity index (χ1n) is 9.14. The zero-order valence-corrected chi connectivity index (χ0v) is 16.2. The number of amides is 1. The normalized spacial score (nSPS) is 14.1. The zero-order valence-electron chi connectivity index (χ0n) is 16.2. The average Bonchev–Trinajstić information content (AvgIpc) is 3.24. The number of hydrogen-bond acceptors (Lipinski definition) is 9. The van der Waals surface area contributed by atoms with Crippen molar-refractivity contribution in [2.24, 2.45) is 0 Å². The Bertz CT molecular complexity index is 1020. The molecule has 2 aromatic heterocycles. The molecule has 154 valence electrons. The van der Waals surface area contributed by atoms with E-state index in [0.717, 1.165) is 5.56 Å². The number of ether oxygens (including phenoxy) is 1. The molecule has 1 saturated heterocycles. The van der Waals surface area contributed by atoms with Crippen LogP contribution in [0.15, 0.2) is 34.9 Å². The van der Waals surface area contributed by atoms with E-state index in [4.69, 9.17) is 14.9 Å². The van der Waals surface area contributed by atoms with Crippen LogP contribution >= 0.6 is 0 Å². The average molecular weight is 399 g/mol. The second kappa shape index (κ2) is 7.84. The SMILES string of the molecule is CN(C)C(=O)c1ccc(-c2cnc(N)c(-c3nnc(N4CCOCC4)o3)n2)cc1.[HH].[HH]. The Balaban J connectivity index is 0.00000171. The molecule has 10 heteroatoms. The third-order valence-electron chi connectivity index (χ3n) is 4.53. The van der Waals surface area contributed by atoms with E-state index in [1.165, 1.54) is 4.90 Å². The minimum atomic E-state index is -0.0675. The van der Waals surface area contributed by atoms with Crippen LogP contribution in [0.3, 0.4) is 0 Å². The number of anilines is 2. The van der Waals surface area contributed by atoms with E-state index in [1.807, 2.05) is 17.0 Å². The van der Waals surface area contributed by atoms with Crippen LogP contribution in [0.25, 0.3) is 22.8 Å². The van der Waals surface area contributed by atoms with Crippen LogP contribution in [0.2, 0.25) is 0 Å². The van der Waals surface area contributed by atoms with E-state index in [9.17, 15) is 4.79 Å². The quantitative estimate of drug-likeness (QED) is 0.699. The minimum absolute atomic E-state index is 0. The topological polar surface area (TPSA) is 124 Å². The Labute approximate surface area is 170 Å². The van der Waals surface area contributed by atoms with Gasteiger partial charge in [-0.2, -0.15) is 0 Å². The highest BCUT2D eigenvalue weighted by atomic mass is 16.5. The van der Waals surface area contributed by atoms with Gasteiger partial charge in [-0.1, -0.05) is 17.2 Å². The summed E-state index contributed by atoms with van der Waals surface area (Å²) in [5, 5.41) is 8.18. The Morgan fingerprint density at radius 3 is 2.59 bits per heavy atom. The maximum Gasteiger partial charge on any atom is 0.318 e. The van der Waals surface area contributed by atoms with Gasteiger partial charge in [-0.3, -0.25) is 4.79 Å². The molecule has 3 heterocycles. The molecule has 0 atom stereocenters. The zero-order chi connectivity index (χ0) is 20.4. The molecule has 0 spiro atoms. The number of hydrogen-bond donors (Lipinski definition) is 1. The van der Waals surface area contributed by atoms with Crippen molar-refractivity contribution in [1.29, 1.82) is 0 Å². The number of carbonyl (C=O) groups is 1. The highest BCUT2D eigenvalue weighted by Crippen LogP contribution is 2.27. The first kappa shape index (κ1) is 18.8. The summed E-state index contributed by atoms with van der Waals surface area (Å²) in [7, 11) is 3.42. The van der Waals surface area contributed by atoms with Crippen molar-refractivity contribution in [2.75, 3.05) is 51.0 Å². The minimum Gasteiger partial charge on any atom is -0.401 e. The molecule has 1 fully saturated rings. The molecule has 1 aromatic carbocycles. The molecular formula is C19H25N7O3. The van der Waals surface area contributed by atoms with Gasteiger partial charge in [0, 0.05) is 41.2 Å². The standard InChI is InChI=1S/C19H21N7O3.2H2/c1-25(2)18(27)13-5-3-12(4-6-13)14-11-21-16(20)15(22-14)17-23-24-19(29-17)26-7-9-28-10-8-26;;/h3-6,11H,7-10H2,1-2H3,(H2,20,21);2*1H. The van der Waals surface area contributed by atoms with Gasteiger partial charge in [0.25, 0.3) is 11.8 Å². The highest BCUT2D eigenvalue weighted by molar-refractivity contribution is 5.94. The summed E-state index contributed by atoms with van der Waals surface area (Å²) in [4.78, 5) is 24.3. The molecule has 0 radical (unpaired) electrons. The smallest absolute Gasteiger partial charge is 0.318 e. The van der Waals surface area contributed by atoms with Gasteiger partial charge in [0.15, 0.2) is 11.5 Å². The molecule has 0 saturated carbocycles. The van der Waals surface area contributed by atoms with Gasteiger partial charge >= 0.3 is 6.01 Å². The Morgan fingerprint density at radius 2 is 1.90 bits per heavy atom. The van der Waals surface area contributed by atoms with E-state index in [2.05, 4.69) is 20.2 Å². The highest BCUT2D eigenvalue weighted by Gasteiger charge is 2.21. The Hall–Kier alpha value is -3.53. The molecule has 1 amide bonds.